The Hall–Kier alpha value is -2.07. The maximum absolute atomic E-state index is 5.61. The van der Waals surface area contributed by atoms with Crippen LogP contribution in [0.2, 0.25) is 0 Å². The van der Waals surface area contributed by atoms with Gasteiger partial charge in [-0.2, -0.15) is 0 Å². The lowest BCUT2D eigenvalue weighted by molar-refractivity contribution is 0.471. The number of para-hydroxylation sites is 2. The van der Waals surface area contributed by atoms with Crippen LogP contribution >= 0.6 is 0 Å². The number of rotatable bonds is 3. The van der Waals surface area contributed by atoms with Gasteiger partial charge in [-0.15, -0.1) is 0 Å². The van der Waals surface area contributed by atoms with Crippen molar-refractivity contribution in [2.24, 2.45) is 12.8 Å². The number of aromatic nitrogens is 2. The number of hydrogen-bond donors (Lipinski definition) is 1. The summed E-state index contributed by atoms with van der Waals surface area (Å²) in [5.74, 6) is 2.70. The minimum absolute atomic E-state index is 0.433. The standard InChI is InChI=1S/C14H15N3O/c1-17-13-5-3-2-4-12(13)16-14(17)8-10-6-7-11(9-15)18-10/h2-7H,8-9,15H2,1H3. The lowest BCUT2D eigenvalue weighted by atomic mass is 10.3. The van der Waals surface area contributed by atoms with Crippen LogP contribution in [-0.4, -0.2) is 9.55 Å². The molecule has 0 amide bonds. The molecule has 92 valence electrons. The van der Waals surface area contributed by atoms with E-state index in [1.807, 2.05) is 37.4 Å². The van der Waals surface area contributed by atoms with Gasteiger partial charge < -0.3 is 14.7 Å². The van der Waals surface area contributed by atoms with Crippen LogP contribution in [0.25, 0.3) is 11.0 Å². The molecule has 0 radical (unpaired) electrons. The van der Waals surface area contributed by atoms with Gasteiger partial charge in [0.05, 0.1) is 24.0 Å². The molecular weight excluding hydrogens is 226 g/mol. The lowest BCUT2D eigenvalue weighted by Gasteiger charge is -2.00. The zero-order valence-corrected chi connectivity index (χ0v) is 10.3. The minimum atomic E-state index is 0.433. The van der Waals surface area contributed by atoms with Gasteiger partial charge in [0.2, 0.25) is 0 Å². The molecule has 1 aromatic carbocycles. The third-order valence-corrected chi connectivity index (χ3v) is 3.13. The third kappa shape index (κ3) is 1.80. The Kier molecular flexibility index (Phi) is 2.64. The average molecular weight is 241 g/mol. The van der Waals surface area contributed by atoms with Crippen molar-refractivity contribution in [3.63, 3.8) is 0 Å². The van der Waals surface area contributed by atoms with Crippen LogP contribution in [0.5, 0.6) is 0 Å². The number of hydrogen-bond acceptors (Lipinski definition) is 3. The summed E-state index contributed by atoms with van der Waals surface area (Å²) in [7, 11) is 2.03. The fourth-order valence-corrected chi connectivity index (χ4v) is 2.14. The predicted molar refractivity (Wildman–Crippen MR) is 70.1 cm³/mol. The molecule has 4 heteroatoms. The van der Waals surface area contributed by atoms with Crippen molar-refractivity contribution in [3.05, 3.63) is 53.7 Å². The summed E-state index contributed by atoms with van der Waals surface area (Å²) >= 11 is 0. The van der Waals surface area contributed by atoms with Crippen molar-refractivity contribution in [2.75, 3.05) is 0 Å². The van der Waals surface area contributed by atoms with Gasteiger partial charge >= 0.3 is 0 Å². The summed E-state index contributed by atoms with van der Waals surface area (Å²) in [6.07, 6.45) is 0.686. The summed E-state index contributed by atoms with van der Waals surface area (Å²) in [4.78, 5) is 4.61. The van der Waals surface area contributed by atoms with E-state index >= 15 is 0 Å². The molecule has 4 nitrogen and oxygen atoms in total. The second kappa shape index (κ2) is 4.31. The largest absolute Gasteiger partial charge is 0.464 e. The van der Waals surface area contributed by atoms with Crippen molar-refractivity contribution in [3.8, 4) is 0 Å². The van der Waals surface area contributed by atoms with Gasteiger partial charge in [0.25, 0.3) is 0 Å². The first kappa shape index (κ1) is 11.0. The molecule has 0 saturated carbocycles. The Morgan fingerprint density at radius 2 is 1.94 bits per heavy atom. The van der Waals surface area contributed by atoms with E-state index in [4.69, 9.17) is 10.2 Å². The Labute approximate surface area is 105 Å². The molecule has 0 aliphatic rings. The summed E-state index contributed by atoms with van der Waals surface area (Å²) in [6.45, 7) is 0.433. The van der Waals surface area contributed by atoms with Crippen molar-refractivity contribution in [1.29, 1.82) is 0 Å². The number of nitrogens with zero attached hydrogens (tertiary/aromatic N) is 2. The molecule has 2 N–H and O–H groups in total. The number of aryl methyl sites for hydroxylation is 1. The van der Waals surface area contributed by atoms with Crippen LogP contribution in [-0.2, 0) is 20.0 Å². The molecule has 0 aliphatic carbocycles. The highest BCUT2D eigenvalue weighted by Gasteiger charge is 2.09. The van der Waals surface area contributed by atoms with Crippen LogP contribution in [0, 0.1) is 0 Å². The minimum Gasteiger partial charge on any atom is -0.464 e. The van der Waals surface area contributed by atoms with E-state index in [2.05, 4.69) is 15.6 Å². The van der Waals surface area contributed by atoms with Crippen molar-refractivity contribution >= 4 is 11.0 Å². The summed E-state index contributed by atoms with van der Waals surface area (Å²) < 4.78 is 7.71. The van der Waals surface area contributed by atoms with Crippen LogP contribution in [0.3, 0.4) is 0 Å². The molecule has 3 aromatic rings. The molecule has 18 heavy (non-hydrogen) atoms. The van der Waals surface area contributed by atoms with E-state index in [9.17, 15) is 0 Å². The molecule has 3 rings (SSSR count). The van der Waals surface area contributed by atoms with Gasteiger partial charge in [-0.1, -0.05) is 12.1 Å². The van der Waals surface area contributed by atoms with Crippen LogP contribution < -0.4 is 5.73 Å². The highest BCUT2D eigenvalue weighted by molar-refractivity contribution is 5.75. The number of nitrogens with two attached hydrogens (primary N) is 1. The highest BCUT2D eigenvalue weighted by Crippen LogP contribution is 2.18. The van der Waals surface area contributed by atoms with Crippen molar-refractivity contribution < 1.29 is 4.42 Å². The maximum atomic E-state index is 5.61. The zero-order valence-electron chi connectivity index (χ0n) is 10.3. The average Bonchev–Trinajstić information content (AvgIpc) is 2.97. The van der Waals surface area contributed by atoms with E-state index in [0.29, 0.717) is 13.0 Å². The van der Waals surface area contributed by atoms with Crippen LogP contribution in [0.15, 0.2) is 40.8 Å². The smallest absolute Gasteiger partial charge is 0.117 e. The Morgan fingerprint density at radius 3 is 2.67 bits per heavy atom. The first-order valence-electron chi connectivity index (χ1n) is 5.96. The van der Waals surface area contributed by atoms with E-state index < -0.39 is 0 Å². The van der Waals surface area contributed by atoms with Crippen LogP contribution in [0.4, 0.5) is 0 Å². The zero-order chi connectivity index (χ0) is 12.5. The van der Waals surface area contributed by atoms with Gasteiger partial charge in [0.15, 0.2) is 0 Å². The van der Waals surface area contributed by atoms with Gasteiger partial charge in [-0.3, -0.25) is 0 Å². The van der Waals surface area contributed by atoms with E-state index in [0.717, 1.165) is 28.4 Å². The van der Waals surface area contributed by atoms with Crippen molar-refractivity contribution in [2.45, 2.75) is 13.0 Å². The Bertz CT molecular complexity index is 681. The molecule has 0 atom stereocenters. The monoisotopic (exact) mass is 241 g/mol. The fourth-order valence-electron chi connectivity index (χ4n) is 2.14. The predicted octanol–water partition coefficient (Wildman–Crippen LogP) is 2.22. The highest BCUT2D eigenvalue weighted by atomic mass is 16.3. The topological polar surface area (TPSA) is 57.0 Å². The summed E-state index contributed by atoms with van der Waals surface area (Å²) in [6, 6.07) is 12.0. The van der Waals surface area contributed by atoms with Gasteiger partial charge in [0.1, 0.15) is 17.3 Å². The molecule has 0 aliphatic heterocycles. The quantitative estimate of drug-likeness (QED) is 0.765. The van der Waals surface area contributed by atoms with E-state index in [1.165, 1.54) is 0 Å². The molecule has 0 spiro atoms. The normalized spacial score (nSPS) is 11.2. The number of benzene rings is 1. The Morgan fingerprint density at radius 1 is 1.17 bits per heavy atom. The second-order valence-electron chi connectivity index (χ2n) is 4.32. The maximum Gasteiger partial charge on any atom is 0.117 e. The van der Waals surface area contributed by atoms with E-state index in [-0.39, 0.29) is 0 Å². The number of imidazole rings is 1. The molecule has 0 bridgehead atoms. The first-order valence-corrected chi connectivity index (χ1v) is 5.96. The van der Waals surface area contributed by atoms with E-state index in [1.54, 1.807) is 0 Å². The lowest BCUT2D eigenvalue weighted by Crippen LogP contribution is -1.98. The van der Waals surface area contributed by atoms with Crippen molar-refractivity contribution in [1.82, 2.24) is 9.55 Å². The fraction of sp³-hybridized carbons (Fsp3) is 0.214. The second-order valence-corrected chi connectivity index (χ2v) is 4.32. The molecule has 2 heterocycles. The first-order chi connectivity index (χ1) is 8.78. The van der Waals surface area contributed by atoms with Gasteiger partial charge in [-0.05, 0) is 24.3 Å². The molecule has 0 unspecified atom stereocenters. The molecule has 0 fully saturated rings. The Balaban J connectivity index is 1.97. The number of fused-ring (bicyclic) bond motifs is 1. The van der Waals surface area contributed by atoms with Crippen LogP contribution in [0.1, 0.15) is 17.3 Å². The summed E-state index contributed by atoms with van der Waals surface area (Å²) in [5, 5.41) is 0. The molecular formula is C14H15N3O. The third-order valence-electron chi connectivity index (χ3n) is 3.13. The molecule has 0 saturated heterocycles. The molecule has 2 aromatic heterocycles. The number of furan rings is 1. The van der Waals surface area contributed by atoms with Gasteiger partial charge in [-0.25, -0.2) is 4.98 Å². The van der Waals surface area contributed by atoms with Gasteiger partial charge in [0, 0.05) is 7.05 Å². The SMILES string of the molecule is Cn1c(Cc2ccc(CN)o2)nc2ccccc21. The summed E-state index contributed by atoms with van der Waals surface area (Å²) in [5.41, 5.74) is 7.68.